The smallest absolute Gasteiger partial charge is 0.248 e. The highest BCUT2D eigenvalue weighted by atomic mass is 32.2. The summed E-state index contributed by atoms with van der Waals surface area (Å²) >= 11 is 0. The second-order valence-corrected chi connectivity index (χ2v) is 6.48. The predicted molar refractivity (Wildman–Crippen MR) is 64.8 cm³/mol. The summed E-state index contributed by atoms with van der Waals surface area (Å²) in [4.78, 5) is 0.106. The zero-order valence-corrected chi connectivity index (χ0v) is 10.9. The highest BCUT2D eigenvalue weighted by molar-refractivity contribution is 7.89. The fraction of sp³-hybridized carbons (Fsp3) is 0.700. The number of hydrogen-bond acceptors (Lipinski definition) is 4. The average Bonchev–Trinajstić information content (AvgIpc) is 2.86. The van der Waals surface area contributed by atoms with Crippen LogP contribution in [0, 0.1) is 0 Å². The van der Waals surface area contributed by atoms with Gasteiger partial charge in [-0.1, -0.05) is 12.8 Å². The van der Waals surface area contributed by atoms with Crippen LogP contribution in [0.5, 0.6) is 0 Å². The largest absolute Gasteiger partial charge is 0.381 e. The molecule has 0 bridgehead atoms. The molecular formula is C10H18N4O2S. The topological polar surface area (TPSA) is 81.2 Å². The number of aryl methyl sites for hydroxylation is 1. The SMILES string of the molecule is CN(C1CCCC1)S(=O)(=O)c1cn(C)nc1N. The van der Waals surface area contributed by atoms with Gasteiger partial charge < -0.3 is 5.73 Å². The molecule has 0 spiro atoms. The van der Waals surface area contributed by atoms with Crippen LogP contribution in [-0.2, 0) is 17.1 Å². The fourth-order valence-corrected chi connectivity index (χ4v) is 3.81. The van der Waals surface area contributed by atoms with Gasteiger partial charge in [0.25, 0.3) is 0 Å². The van der Waals surface area contributed by atoms with Crippen LogP contribution in [0.3, 0.4) is 0 Å². The van der Waals surface area contributed by atoms with Crippen LogP contribution in [0.1, 0.15) is 25.7 Å². The molecule has 0 aliphatic heterocycles. The molecule has 0 unspecified atom stereocenters. The van der Waals surface area contributed by atoms with Crippen molar-refractivity contribution >= 4 is 15.8 Å². The van der Waals surface area contributed by atoms with Gasteiger partial charge in [-0.3, -0.25) is 4.68 Å². The molecule has 1 heterocycles. The molecule has 7 heteroatoms. The zero-order chi connectivity index (χ0) is 12.6. The molecule has 1 aliphatic carbocycles. The first-order chi connectivity index (χ1) is 7.93. The van der Waals surface area contributed by atoms with E-state index in [1.54, 1.807) is 14.1 Å². The molecule has 0 aromatic carbocycles. The molecule has 2 rings (SSSR count). The van der Waals surface area contributed by atoms with E-state index in [1.165, 1.54) is 15.2 Å². The summed E-state index contributed by atoms with van der Waals surface area (Å²) in [6, 6.07) is 0.0969. The van der Waals surface area contributed by atoms with Gasteiger partial charge in [-0.2, -0.15) is 9.40 Å². The van der Waals surface area contributed by atoms with Crippen molar-refractivity contribution in [2.24, 2.45) is 7.05 Å². The van der Waals surface area contributed by atoms with Crippen LogP contribution in [0.25, 0.3) is 0 Å². The molecule has 1 aromatic rings. The van der Waals surface area contributed by atoms with Crippen molar-refractivity contribution in [1.29, 1.82) is 0 Å². The first-order valence-corrected chi connectivity index (χ1v) is 7.14. The van der Waals surface area contributed by atoms with E-state index >= 15 is 0 Å². The molecule has 0 amide bonds. The standard InChI is InChI=1S/C10H18N4O2S/c1-13-7-9(10(11)12-13)17(15,16)14(2)8-5-3-4-6-8/h7-8H,3-6H2,1-2H3,(H2,11,12). The monoisotopic (exact) mass is 258 g/mol. The number of sulfonamides is 1. The van der Waals surface area contributed by atoms with E-state index in [1.807, 2.05) is 0 Å². The number of aromatic nitrogens is 2. The van der Waals surface area contributed by atoms with E-state index in [-0.39, 0.29) is 16.8 Å². The summed E-state index contributed by atoms with van der Waals surface area (Å²) in [7, 11) is -0.227. The third-order valence-corrected chi connectivity index (χ3v) is 5.24. The van der Waals surface area contributed by atoms with Crippen LogP contribution in [-0.4, -0.2) is 35.6 Å². The zero-order valence-electron chi connectivity index (χ0n) is 10.1. The minimum absolute atomic E-state index is 0.0670. The van der Waals surface area contributed by atoms with Crippen molar-refractivity contribution < 1.29 is 8.42 Å². The van der Waals surface area contributed by atoms with Crippen molar-refractivity contribution in [1.82, 2.24) is 14.1 Å². The van der Waals surface area contributed by atoms with E-state index < -0.39 is 10.0 Å². The van der Waals surface area contributed by atoms with E-state index in [4.69, 9.17) is 5.73 Å². The Bertz CT molecular complexity index is 502. The van der Waals surface area contributed by atoms with E-state index in [0.717, 1.165) is 25.7 Å². The number of anilines is 1. The summed E-state index contributed by atoms with van der Waals surface area (Å²) in [6.45, 7) is 0. The molecule has 1 fully saturated rings. The first kappa shape index (κ1) is 12.4. The van der Waals surface area contributed by atoms with E-state index in [9.17, 15) is 8.42 Å². The van der Waals surface area contributed by atoms with Crippen molar-refractivity contribution in [2.75, 3.05) is 12.8 Å². The molecule has 17 heavy (non-hydrogen) atoms. The maximum atomic E-state index is 12.3. The summed E-state index contributed by atoms with van der Waals surface area (Å²) in [5.41, 5.74) is 5.63. The predicted octanol–water partition coefficient (Wildman–Crippen LogP) is 0.565. The molecule has 0 saturated heterocycles. The van der Waals surface area contributed by atoms with Gasteiger partial charge in [-0.05, 0) is 12.8 Å². The summed E-state index contributed by atoms with van der Waals surface area (Å²) < 4.78 is 27.6. The summed E-state index contributed by atoms with van der Waals surface area (Å²) in [6.07, 6.45) is 5.49. The minimum Gasteiger partial charge on any atom is -0.381 e. The average molecular weight is 258 g/mol. The van der Waals surface area contributed by atoms with Gasteiger partial charge >= 0.3 is 0 Å². The highest BCUT2D eigenvalue weighted by Crippen LogP contribution is 2.28. The number of nitrogens with zero attached hydrogens (tertiary/aromatic N) is 3. The van der Waals surface area contributed by atoms with Crippen molar-refractivity contribution in [3.05, 3.63) is 6.20 Å². The number of nitrogens with two attached hydrogens (primary N) is 1. The van der Waals surface area contributed by atoms with Crippen molar-refractivity contribution in [2.45, 2.75) is 36.6 Å². The maximum Gasteiger partial charge on any atom is 0.248 e. The van der Waals surface area contributed by atoms with Crippen LogP contribution < -0.4 is 5.73 Å². The normalized spacial score (nSPS) is 18.1. The Morgan fingerprint density at radius 1 is 1.47 bits per heavy atom. The molecule has 1 aromatic heterocycles. The highest BCUT2D eigenvalue weighted by Gasteiger charge is 2.32. The molecule has 96 valence electrons. The van der Waals surface area contributed by atoms with Gasteiger partial charge in [0, 0.05) is 26.3 Å². The minimum atomic E-state index is -3.51. The van der Waals surface area contributed by atoms with Gasteiger partial charge in [0.2, 0.25) is 10.0 Å². The first-order valence-electron chi connectivity index (χ1n) is 5.70. The van der Waals surface area contributed by atoms with Crippen LogP contribution >= 0.6 is 0 Å². The Labute approximate surface area is 101 Å². The molecular weight excluding hydrogens is 240 g/mol. The maximum absolute atomic E-state index is 12.3. The lowest BCUT2D eigenvalue weighted by Crippen LogP contribution is -2.35. The molecule has 0 atom stereocenters. The van der Waals surface area contributed by atoms with Crippen molar-refractivity contribution in [3.63, 3.8) is 0 Å². The lowest BCUT2D eigenvalue weighted by atomic mass is 10.3. The Morgan fingerprint density at radius 3 is 2.53 bits per heavy atom. The lowest BCUT2D eigenvalue weighted by Gasteiger charge is -2.22. The number of hydrogen-bond donors (Lipinski definition) is 1. The quantitative estimate of drug-likeness (QED) is 0.859. The lowest BCUT2D eigenvalue weighted by molar-refractivity contribution is 0.373. The fourth-order valence-electron chi connectivity index (χ4n) is 2.30. The molecule has 6 nitrogen and oxygen atoms in total. The van der Waals surface area contributed by atoms with Gasteiger partial charge in [0.05, 0.1) is 0 Å². The Morgan fingerprint density at radius 2 is 2.06 bits per heavy atom. The number of rotatable bonds is 3. The Kier molecular flexibility index (Phi) is 3.13. The van der Waals surface area contributed by atoms with Crippen LogP contribution in [0.15, 0.2) is 11.1 Å². The Balaban J connectivity index is 2.32. The Hall–Kier alpha value is -1.08. The second-order valence-electron chi connectivity index (χ2n) is 4.51. The second kappa shape index (κ2) is 4.30. The van der Waals surface area contributed by atoms with E-state index in [0.29, 0.717) is 0 Å². The molecule has 0 radical (unpaired) electrons. The summed E-state index contributed by atoms with van der Waals surface area (Å²) in [5, 5.41) is 3.87. The summed E-state index contributed by atoms with van der Waals surface area (Å²) in [5.74, 6) is 0.0670. The van der Waals surface area contributed by atoms with Gasteiger partial charge in [-0.25, -0.2) is 8.42 Å². The third-order valence-electron chi connectivity index (χ3n) is 3.32. The van der Waals surface area contributed by atoms with Gasteiger partial charge in [0.1, 0.15) is 4.90 Å². The molecule has 1 aliphatic rings. The van der Waals surface area contributed by atoms with Gasteiger partial charge in [0.15, 0.2) is 5.82 Å². The molecule has 2 N–H and O–H groups in total. The number of nitrogen functional groups attached to an aromatic ring is 1. The molecule has 1 saturated carbocycles. The van der Waals surface area contributed by atoms with E-state index in [2.05, 4.69) is 5.10 Å². The van der Waals surface area contributed by atoms with Gasteiger partial charge in [-0.15, -0.1) is 0 Å². The third kappa shape index (κ3) is 2.16. The van der Waals surface area contributed by atoms with Crippen LogP contribution in [0.4, 0.5) is 5.82 Å². The van der Waals surface area contributed by atoms with Crippen molar-refractivity contribution in [3.8, 4) is 0 Å². The van der Waals surface area contributed by atoms with Crippen LogP contribution in [0.2, 0.25) is 0 Å².